The molecule has 1 heterocycles. The van der Waals surface area contributed by atoms with Crippen LogP contribution in [0.1, 0.15) is 28.0 Å². The molecule has 0 aliphatic heterocycles. The fraction of sp³-hybridized carbons (Fsp3) is 0.227. The molecule has 8 N–H and O–H groups in total. The molecule has 3 amide bonds. The van der Waals surface area contributed by atoms with Crippen LogP contribution in [-0.2, 0) is 22.4 Å². The maximum atomic E-state index is 12.4. The molecular formula is C22H24ClN5O3. The lowest BCUT2D eigenvalue weighted by molar-refractivity contribution is -0.124. The average Bonchev–Trinajstić information content (AvgIpc) is 3.30. The van der Waals surface area contributed by atoms with Crippen molar-refractivity contribution in [1.29, 1.82) is 0 Å². The van der Waals surface area contributed by atoms with E-state index in [1.165, 1.54) is 11.1 Å². The number of hydrogen-bond acceptors (Lipinski definition) is 4. The van der Waals surface area contributed by atoms with Gasteiger partial charge in [0.1, 0.15) is 5.69 Å². The number of fused-ring (bicyclic) bond motifs is 2. The normalized spacial score (nSPS) is 13.7. The summed E-state index contributed by atoms with van der Waals surface area (Å²) in [5, 5.41) is 4.74. The van der Waals surface area contributed by atoms with Crippen LogP contribution in [0.15, 0.2) is 48.5 Å². The number of nitrogens with two attached hydrogens (primary N) is 3. The zero-order valence-corrected chi connectivity index (χ0v) is 17.5. The van der Waals surface area contributed by atoms with E-state index in [0.29, 0.717) is 10.7 Å². The minimum Gasteiger partial charge on any atom is -0.370 e. The Labute approximate surface area is 184 Å². The van der Waals surface area contributed by atoms with E-state index in [4.69, 9.17) is 28.8 Å². The number of nitrogens with one attached hydrogen (secondary N) is 2. The summed E-state index contributed by atoms with van der Waals surface area (Å²) in [6, 6.07) is 15.0. The number of benzene rings is 2. The Morgan fingerprint density at radius 3 is 2.26 bits per heavy atom. The van der Waals surface area contributed by atoms with Crippen LogP contribution in [0.2, 0.25) is 5.02 Å². The summed E-state index contributed by atoms with van der Waals surface area (Å²) >= 11 is 5.98. The van der Waals surface area contributed by atoms with Crippen LogP contribution >= 0.6 is 11.6 Å². The van der Waals surface area contributed by atoms with Crippen LogP contribution in [-0.4, -0.2) is 34.8 Å². The van der Waals surface area contributed by atoms with Crippen LogP contribution in [0, 0.1) is 0 Å². The van der Waals surface area contributed by atoms with Gasteiger partial charge in [-0.3, -0.25) is 14.4 Å². The molecule has 0 saturated heterocycles. The predicted octanol–water partition coefficient (Wildman–Crippen LogP) is 1.39. The first-order valence-electron chi connectivity index (χ1n) is 9.72. The van der Waals surface area contributed by atoms with Crippen LogP contribution in [0.3, 0.4) is 0 Å². The third kappa shape index (κ3) is 5.84. The lowest BCUT2D eigenvalue weighted by Crippen LogP contribution is -2.39. The molecule has 1 unspecified atom stereocenters. The van der Waals surface area contributed by atoms with Gasteiger partial charge in [-0.05, 0) is 48.2 Å². The van der Waals surface area contributed by atoms with Crippen molar-refractivity contribution in [3.8, 4) is 0 Å². The molecule has 0 spiro atoms. The van der Waals surface area contributed by atoms with Crippen molar-refractivity contribution in [3.05, 3.63) is 70.4 Å². The van der Waals surface area contributed by atoms with Gasteiger partial charge in [-0.1, -0.05) is 35.9 Å². The van der Waals surface area contributed by atoms with Crippen LogP contribution in [0.5, 0.6) is 0 Å². The third-order valence-corrected chi connectivity index (χ3v) is 5.24. The maximum Gasteiger partial charge on any atom is 0.267 e. The molecule has 0 saturated carbocycles. The Balaban J connectivity index is 0.000000259. The molecule has 8 nitrogen and oxygen atoms in total. The number of aromatic nitrogens is 1. The van der Waals surface area contributed by atoms with Gasteiger partial charge in [0, 0.05) is 22.0 Å². The average molecular weight is 442 g/mol. The first kappa shape index (κ1) is 22.3. The quantitative estimate of drug-likeness (QED) is 0.405. The lowest BCUT2D eigenvalue weighted by atomic mass is 10.1. The van der Waals surface area contributed by atoms with Crippen molar-refractivity contribution in [2.45, 2.75) is 31.3 Å². The standard InChI is InChI=1S/C18H15ClN2O.C4H9N3O2/c19-14-5-6-16-13(7-14)10-17(21-16)18(22)20-15-8-11-3-1-2-4-12(11)9-15;5-2(4(7)9)1-3(6)8/h1-7,10,15,21H,8-9H2,(H,20,22);2H,1,5H2,(H2,6,8)(H2,7,9). The molecule has 1 aliphatic rings. The largest absolute Gasteiger partial charge is 0.370 e. The molecule has 4 rings (SSSR count). The van der Waals surface area contributed by atoms with Crippen molar-refractivity contribution in [2.75, 3.05) is 0 Å². The van der Waals surface area contributed by atoms with Crippen LogP contribution in [0.25, 0.3) is 10.9 Å². The summed E-state index contributed by atoms with van der Waals surface area (Å²) in [5.74, 6) is -1.40. The van der Waals surface area contributed by atoms with Crippen molar-refractivity contribution in [1.82, 2.24) is 10.3 Å². The molecule has 0 bridgehead atoms. The highest BCUT2D eigenvalue weighted by molar-refractivity contribution is 6.31. The molecule has 162 valence electrons. The summed E-state index contributed by atoms with van der Waals surface area (Å²) in [6.07, 6.45) is 1.61. The Morgan fingerprint density at radius 2 is 1.71 bits per heavy atom. The van der Waals surface area contributed by atoms with E-state index < -0.39 is 17.9 Å². The SMILES string of the molecule is NC(=O)CC(N)C(N)=O.O=C(NC1Cc2ccccc2C1)c1cc2cc(Cl)ccc2[nH]1. The van der Waals surface area contributed by atoms with Gasteiger partial charge in [-0.2, -0.15) is 0 Å². The predicted molar refractivity (Wildman–Crippen MR) is 119 cm³/mol. The molecule has 3 aromatic rings. The van der Waals surface area contributed by atoms with E-state index in [1.54, 1.807) is 0 Å². The monoisotopic (exact) mass is 441 g/mol. The second-order valence-corrected chi connectivity index (χ2v) is 7.88. The van der Waals surface area contributed by atoms with Gasteiger partial charge in [0.2, 0.25) is 11.8 Å². The van der Waals surface area contributed by atoms with Crippen molar-refractivity contribution in [3.63, 3.8) is 0 Å². The van der Waals surface area contributed by atoms with Gasteiger partial charge in [0.25, 0.3) is 5.91 Å². The number of H-pyrrole nitrogens is 1. The van der Waals surface area contributed by atoms with Gasteiger partial charge in [-0.25, -0.2) is 0 Å². The van der Waals surface area contributed by atoms with Gasteiger partial charge in [0.05, 0.1) is 12.5 Å². The highest BCUT2D eigenvalue weighted by atomic mass is 35.5. The minimum atomic E-state index is -0.942. The van der Waals surface area contributed by atoms with E-state index in [-0.39, 0.29) is 18.4 Å². The molecular weight excluding hydrogens is 418 g/mol. The number of hydrogen-bond donors (Lipinski definition) is 5. The Bertz CT molecular complexity index is 1100. The molecule has 0 radical (unpaired) electrons. The van der Waals surface area contributed by atoms with E-state index >= 15 is 0 Å². The zero-order valence-electron chi connectivity index (χ0n) is 16.7. The number of amides is 3. The summed E-state index contributed by atoms with van der Waals surface area (Å²) in [6.45, 7) is 0. The van der Waals surface area contributed by atoms with E-state index in [0.717, 1.165) is 23.7 Å². The Hall–Kier alpha value is -3.36. The number of primary amides is 2. The molecule has 31 heavy (non-hydrogen) atoms. The number of carbonyl (C=O) groups excluding carboxylic acids is 3. The van der Waals surface area contributed by atoms with Crippen molar-refractivity contribution >= 4 is 40.2 Å². The number of halogens is 1. The summed E-state index contributed by atoms with van der Waals surface area (Å²) in [7, 11) is 0. The highest BCUT2D eigenvalue weighted by Crippen LogP contribution is 2.23. The molecule has 2 aromatic carbocycles. The molecule has 0 fully saturated rings. The lowest BCUT2D eigenvalue weighted by Gasteiger charge is -2.10. The van der Waals surface area contributed by atoms with Crippen molar-refractivity contribution in [2.24, 2.45) is 17.2 Å². The Kier molecular flexibility index (Phi) is 6.94. The Morgan fingerprint density at radius 1 is 1.06 bits per heavy atom. The number of carbonyl (C=O) groups is 3. The topological polar surface area (TPSA) is 157 Å². The molecule has 9 heteroatoms. The second kappa shape index (κ2) is 9.63. The van der Waals surface area contributed by atoms with Gasteiger partial charge >= 0.3 is 0 Å². The summed E-state index contributed by atoms with van der Waals surface area (Å²) in [4.78, 5) is 35.8. The number of aromatic amines is 1. The smallest absolute Gasteiger partial charge is 0.267 e. The fourth-order valence-electron chi connectivity index (χ4n) is 3.47. The first-order chi connectivity index (χ1) is 14.7. The zero-order chi connectivity index (χ0) is 22.5. The summed E-state index contributed by atoms with van der Waals surface area (Å²) in [5.41, 5.74) is 18.6. The van der Waals surface area contributed by atoms with Crippen LogP contribution in [0.4, 0.5) is 0 Å². The molecule has 1 aliphatic carbocycles. The van der Waals surface area contributed by atoms with E-state index in [2.05, 4.69) is 22.4 Å². The maximum absolute atomic E-state index is 12.4. The van der Waals surface area contributed by atoms with Gasteiger partial charge < -0.3 is 27.5 Å². The summed E-state index contributed by atoms with van der Waals surface area (Å²) < 4.78 is 0. The van der Waals surface area contributed by atoms with E-state index in [9.17, 15) is 14.4 Å². The molecule has 1 atom stereocenters. The molecule has 1 aromatic heterocycles. The minimum absolute atomic E-state index is 0.0647. The first-order valence-corrected chi connectivity index (χ1v) is 10.1. The van der Waals surface area contributed by atoms with Crippen molar-refractivity contribution < 1.29 is 14.4 Å². The van der Waals surface area contributed by atoms with Gasteiger partial charge in [0.15, 0.2) is 0 Å². The fourth-order valence-corrected chi connectivity index (χ4v) is 3.65. The highest BCUT2D eigenvalue weighted by Gasteiger charge is 2.23. The number of rotatable bonds is 5. The van der Waals surface area contributed by atoms with Gasteiger partial charge in [-0.15, -0.1) is 0 Å². The van der Waals surface area contributed by atoms with Crippen LogP contribution < -0.4 is 22.5 Å². The second-order valence-electron chi connectivity index (χ2n) is 7.44. The van der Waals surface area contributed by atoms with E-state index in [1.807, 2.05) is 36.4 Å². The third-order valence-electron chi connectivity index (χ3n) is 5.00.